The third kappa shape index (κ3) is 4.46. The van der Waals surface area contributed by atoms with E-state index in [4.69, 9.17) is 0 Å². The van der Waals surface area contributed by atoms with Crippen LogP contribution in [0.1, 0.15) is 52.4 Å². The van der Waals surface area contributed by atoms with Gasteiger partial charge in [-0.25, -0.2) is 9.67 Å². The van der Waals surface area contributed by atoms with E-state index < -0.39 is 0 Å². The zero-order valence-corrected chi connectivity index (χ0v) is 11.6. The molecule has 0 saturated heterocycles. The highest BCUT2D eigenvalue weighted by Gasteiger charge is 2.13. The maximum atomic E-state index is 4.38. The van der Waals surface area contributed by atoms with E-state index in [1.165, 1.54) is 12.8 Å². The summed E-state index contributed by atoms with van der Waals surface area (Å²) in [4.78, 5) is 4.38. The summed E-state index contributed by atoms with van der Waals surface area (Å²) in [5, 5.41) is 7.77. The molecule has 98 valence electrons. The summed E-state index contributed by atoms with van der Waals surface area (Å²) in [5.74, 6) is 1.77. The monoisotopic (exact) mass is 238 g/mol. The van der Waals surface area contributed by atoms with Gasteiger partial charge in [0.25, 0.3) is 0 Å². The summed E-state index contributed by atoms with van der Waals surface area (Å²) in [5.41, 5.74) is 0. The SMILES string of the molecule is CCCNCC(CC)Cc1ncnn1C(C)C. The van der Waals surface area contributed by atoms with E-state index in [0.29, 0.717) is 12.0 Å². The minimum absolute atomic E-state index is 0.397. The maximum Gasteiger partial charge on any atom is 0.138 e. The van der Waals surface area contributed by atoms with Gasteiger partial charge >= 0.3 is 0 Å². The highest BCUT2D eigenvalue weighted by atomic mass is 15.3. The molecule has 0 bridgehead atoms. The van der Waals surface area contributed by atoms with Gasteiger partial charge in [-0.15, -0.1) is 0 Å². The molecule has 1 aromatic heterocycles. The van der Waals surface area contributed by atoms with Gasteiger partial charge in [0.1, 0.15) is 12.2 Å². The molecule has 1 unspecified atom stereocenters. The molecule has 0 aromatic carbocycles. The molecule has 1 heterocycles. The predicted octanol–water partition coefficient (Wildman–Crippen LogP) is 2.43. The van der Waals surface area contributed by atoms with E-state index in [1.54, 1.807) is 6.33 Å². The lowest BCUT2D eigenvalue weighted by Crippen LogP contribution is -2.25. The lowest BCUT2D eigenvalue weighted by atomic mass is 10.0. The molecule has 17 heavy (non-hydrogen) atoms. The Morgan fingerprint density at radius 2 is 2.12 bits per heavy atom. The van der Waals surface area contributed by atoms with Crippen LogP contribution in [0.2, 0.25) is 0 Å². The highest BCUT2D eigenvalue weighted by Crippen LogP contribution is 2.12. The Morgan fingerprint density at radius 1 is 1.35 bits per heavy atom. The molecule has 0 aliphatic rings. The van der Waals surface area contributed by atoms with Crippen LogP contribution in [0, 0.1) is 5.92 Å². The van der Waals surface area contributed by atoms with Gasteiger partial charge in [0, 0.05) is 12.5 Å². The van der Waals surface area contributed by atoms with Crippen molar-refractivity contribution >= 4 is 0 Å². The Hall–Kier alpha value is -0.900. The first-order valence-corrected chi connectivity index (χ1v) is 6.78. The van der Waals surface area contributed by atoms with Crippen LogP contribution in [0.5, 0.6) is 0 Å². The normalized spacial score (nSPS) is 13.2. The smallest absolute Gasteiger partial charge is 0.138 e. The van der Waals surface area contributed by atoms with Crippen LogP contribution >= 0.6 is 0 Å². The molecule has 0 radical (unpaired) electrons. The first-order valence-electron chi connectivity index (χ1n) is 6.78. The minimum Gasteiger partial charge on any atom is -0.316 e. The van der Waals surface area contributed by atoms with E-state index in [-0.39, 0.29) is 0 Å². The molecular weight excluding hydrogens is 212 g/mol. The van der Waals surface area contributed by atoms with Crippen molar-refractivity contribution in [3.63, 3.8) is 0 Å². The second-order valence-corrected chi connectivity index (χ2v) is 4.90. The minimum atomic E-state index is 0.397. The van der Waals surface area contributed by atoms with Gasteiger partial charge in [0.2, 0.25) is 0 Å². The van der Waals surface area contributed by atoms with E-state index in [0.717, 1.165) is 25.3 Å². The zero-order chi connectivity index (χ0) is 12.7. The lowest BCUT2D eigenvalue weighted by molar-refractivity contribution is 0.423. The second kappa shape index (κ2) is 7.43. The first kappa shape index (κ1) is 14.2. The Balaban J connectivity index is 2.51. The van der Waals surface area contributed by atoms with Crippen molar-refractivity contribution in [3.8, 4) is 0 Å². The van der Waals surface area contributed by atoms with Gasteiger partial charge in [-0.3, -0.25) is 0 Å². The van der Waals surface area contributed by atoms with Crippen LogP contribution in [-0.2, 0) is 6.42 Å². The highest BCUT2D eigenvalue weighted by molar-refractivity contribution is 4.89. The summed E-state index contributed by atoms with van der Waals surface area (Å²) in [6.45, 7) is 10.9. The molecule has 1 aromatic rings. The molecular formula is C13H26N4. The standard InChI is InChI=1S/C13H26N4/c1-5-7-14-9-12(6-2)8-13-15-10-16-17(13)11(3)4/h10-12,14H,5-9H2,1-4H3. The fourth-order valence-electron chi connectivity index (χ4n) is 1.95. The van der Waals surface area contributed by atoms with Crippen LogP contribution in [0.4, 0.5) is 0 Å². The van der Waals surface area contributed by atoms with Crippen LogP contribution in [0.3, 0.4) is 0 Å². The molecule has 4 nitrogen and oxygen atoms in total. The maximum absolute atomic E-state index is 4.38. The van der Waals surface area contributed by atoms with Gasteiger partial charge in [0.05, 0.1) is 0 Å². The fourth-order valence-corrected chi connectivity index (χ4v) is 1.95. The second-order valence-electron chi connectivity index (χ2n) is 4.90. The van der Waals surface area contributed by atoms with E-state index in [2.05, 4.69) is 43.1 Å². The summed E-state index contributed by atoms with van der Waals surface area (Å²) in [6, 6.07) is 0.397. The average molecular weight is 238 g/mol. The number of nitrogens with one attached hydrogen (secondary N) is 1. The van der Waals surface area contributed by atoms with Crippen molar-refractivity contribution in [2.75, 3.05) is 13.1 Å². The quantitative estimate of drug-likeness (QED) is 0.707. The largest absolute Gasteiger partial charge is 0.316 e. The molecule has 0 aliphatic heterocycles. The molecule has 1 atom stereocenters. The topological polar surface area (TPSA) is 42.7 Å². The molecule has 1 N–H and O–H groups in total. The van der Waals surface area contributed by atoms with Crippen LogP contribution < -0.4 is 5.32 Å². The number of nitrogens with zero attached hydrogens (tertiary/aromatic N) is 3. The Bertz CT molecular complexity index is 306. The molecule has 0 saturated carbocycles. The van der Waals surface area contributed by atoms with Gasteiger partial charge in [-0.1, -0.05) is 20.3 Å². The number of hydrogen-bond donors (Lipinski definition) is 1. The predicted molar refractivity (Wildman–Crippen MR) is 71.1 cm³/mol. The van der Waals surface area contributed by atoms with Crippen molar-refractivity contribution in [1.29, 1.82) is 0 Å². The molecule has 0 aliphatic carbocycles. The van der Waals surface area contributed by atoms with Crippen LogP contribution in [0.15, 0.2) is 6.33 Å². The Kier molecular flexibility index (Phi) is 6.19. The van der Waals surface area contributed by atoms with Crippen LogP contribution in [0.25, 0.3) is 0 Å². The van der Waals surface area contributed by atoms with Crippen molar-refractivity contribution in [3.05, 3.63) is 12.2 Å². The van der Waals surface area contributed by atoms with Gasteiger partial charge < -0.3 is 5.32 Å². The average Bonchev–Trinajstić information content (AvgIpc) is 2.76. The number of aromatic nitrogens is 3. The third-order valence-electron chi connectivity index (χ3n) is 3.04. The van der Waals surface area contributed by atoms with Crippen molar-refractivity contribution in [1.82, 2.24) is 20.1 Å². The molecule has 0 amide bonds. The third-order valence-corrected chi connectivity index (χ3v) is 3.04. The van der Waals surface area contributed by atoms with E-state index >= 15 is 0 Å². The molecule has 4 heteroatoms. The van der Waals surface area contributed by atoms with Gasteiger partial charge in [-0.2, -0.15) is 5.10 Å². The number of rotatable bonds is 8. The first-order chi connectivity index (χ1) is 8.19. The molecule has 1 rings (SSSR count). The fraction of sp³-hybridized carbons (Fsp3) is 0.846. The van der Waals surface area contributed by atoms with Crippen LogP contribution in [-0.4, -0.2) is 27.9 Å². The summed E-state index contributed by atoms with van der Waals surface area (Å²) in [6.07, 6.45) is 5.06. The Labute approximate surface area is 105 Å². The summed E-state index contributed by atoms with van der Waals surface area (Å²) < 4.78 is 2.03. The van der Waals surface area contributed by atoms with Crippen molar-refractivity contribution in [2.24, 2.45) is 5.92 Å². The van der Waals surface area contributed by atoms with Gasteiger partial charge in [0.15, 0.2) is 0 Å². The van der Waals surface area contributed by atoms with Crippen molar-refractivity contribution in [2.45, 2.75) is 53.0 Å². The summed E-state index contributed by atoms with van der Waals surface area (Å²) in [7, 11) is 0. The Morgan fingerprint density at radius 3 is 2.71 bits per heavy atom. The van der Waals surface area contributed by atoms with Gasteiger partial charge in [-0.05, 0) is 39.3 Å². The van der Waals surface area contributed by atoms with E-state index in [9.17, 15) is 0 Å². The lowest BCUT2D eigenvalue weighted by Gasteiger charge is -2.16. The van der Waals surface area contributed by atoms with Crippen molar-refractivity contribution < 1.29 is 0 Å². The van der Waals surface area contributed by atoms with E-state index in [1.807, 2.05) is 4.68 Å². The zero-order valence-electron chi connectivity index (χ0n) is 11.6. The molecule has 0 fully saturated rings. The molecule has 0 spiro atoms. The number of hydrogen-bond acceptors (Lipinski definition) is 3. The summed E-state index contributed by atoms with van der Waals surface area (Å²) >= 11 is 0.